The highest BCUT2D eigenvalue weighted by molar-refractivity contribution is 9.10. The number of nitrogens with zero attached hydrogens (tertiary/aromatic N) is 3. The lowest BCUT2D eigenvalue weighted by molar-refractivity contribution is 0.0551. The van der Waals surface area contributed by atoms with Gasteiger partial charge in [-0.05, 0) is 15.9 Å². The molecule has 82 valence electrons. The Hall–Kier alpha value is -0.390. The molecule has 1 aromatic heterocycles. The summed E-state index contributed by atoms with van der Waals surface area (Å²) in [7, 11) is 0. The molecule has 0 spiro atoms. The molecule has 1 unspecified atom stereocenters. The van der Waals surface area contributed by atoms with E-state index in [1.54, 1.807) is 12.5 Å². The number of ether oxygens (including phenoxy) is 1. The third kappa shape index (κ3) is 2.59. The minimum Gasteiger partial charge on any atom is -0.373 e. The van der Waals surface area contributed by atoms with Crippen LogP contribution in [0, 0.1) is 0 Å². The Bertz CT molecular complexity index is 339. The summed E-state index contributed by atoms with van der Waals surface area (Å²) >= 11 is 9.21. The first-order valence-electron chi connectivity index (χ1n) is 4.69. The van der Waals surface area contributed by atoms with E-state index in [9.17, 15) is 0 Å². The molecule has 0 bridgehead atoms. The first-order valence-corrected chi connectivity index (χ1v) is 6.02. The molecule has 6 heteroatoms. The van der Waals surface area contributed by atoms with Crippen LogP contribution in [0.1, 0.15) is 0 Å². The van der Waals surface area contributed by atoms with Crippen LogP contribution in [0.15, 0.2) is 17.0 Å². The van der Waals surface area contributed by atoms with Crippen LogP contribution in [0.2, 0.25) is 0 Å². The van der Waals surface area contributed by atoms with Gasteiger partial charge in [0.25, 0.3) is 0 Å². The molecule has 15 heavy (non-hydrogen) atoms. The monoisotopic (exact) mass is 291 g/mol. The number of morpholine rings is 1. The molecular formula is C9H11BrClN3O. The molecule has 0 aliphatic carbocycles. The average molecular weight is 293 g/mol. The minimum atomic E-state index is 0.0854. The zero-order valence-electron chi connectivity index (χ0n) is 8.07. The van der Waals surface area contributed by atoms with E-state index in [1.807, 2.05) is 0 Å². The van der Waals surface area contributed by atoms with E-state index in [-0.39, 0.29) is 6.10 Å². The fraction of sp³-hybridized carbons (Fsp3) is 0.556. The molecule has 0 radical (unpaired) electrons. The van der Waals surface area contributed by atoms with Crippen molar-refractivity contribution in [1.82, 2.24) is 9.97 Å². The topological polar surface area (TPSA) is 38.2 Å². The maximum absolute atomic E-state index is 5.78. The largest absolute Gasteiger partial charge is 0.373 e. The fourth-order valence-electron chi connectivity index (χ4n) is 1.54. The fourth-order valence-corrected chi connectivity index (χ4v) is 2.20. The number of aromatic nitrogens is 2. The van der Waals surface area contributed by atoms with Gasteiger partial charge in [0.1, 0.15) is 12.1 Å². The molecule has 0 amide bonds. The second kappa shape index (κ2) is 5.09. The number of halogens is 2. The van der Waals surface area contributed by atoms with Gasteiger partial charge >= 0.3 is 0 Å². The summed E-state index contributed by atoms with van der Waals surface area (Å²) in [5.41, 5.74) is 0. The quantitative estimate of drug-likeness (QED) is 0.778. The van der Waals surface area contributed by atoms with Crippen LogP contribution >= 0.6 is 27.5 Å². The molecule has 1 saturated heterocycles. The highest BCUT2D eigenvalue weighted by atomic mass is 79.9. The number of rotatable bonds is 2. The van der Waals surface area contributed by atoms with Crippen molar-refractivity contribution in [2.45, 2.75) is 6.10 Å². The summed E-state index contributed by atoms with van der Waals surface area (Å²) in [6, 6.07) is 0. The lowest BCUT2D eigenvalue weighted by Gasteiger charge is -2.33. The van der Waals surface area contributed by atoms with Crippen LogP contribution in [0.4, 0.5) is 5.82 Å². The molecule has 2 heterocycles. The van der Waals surface area contributed by atoms with Gasteiger partial charge in [-0.3, -0.25) is 0 Å². The van der Waals surface area contributed by atoms with Crippen molar-refractivity contribution < 1.29 is 4.74 Å². The van der Waals surface area contributed by atoms with E-state index in [1.165, 1.54) is 0 Å². The molecule has 2 rings (SSSR count). The van der Waals surface area contributed by atoms with E-state index in [4.69, 9.17) is 16.3 Å². The first kappa shape index (κ1) is 11.1. The highest BCUT2D eigenvalue weighted by Crippen LogP contribution is 2.23. The summed E-state index contributed by atoms with van der Waals surface area (Å²) in [5.74, 6) is 1.42. The first-order chi connectivity index (χ1) is 7.31. The minimum absolute atomic E-state index is 0.0854. The molecule has 0 N–H and O–H groups in total. The molecule has 1 fully saturated rings. The van der Waals surface area contributed by atoms with Crippen LogP contribution in [0.5, 0.6) is 0 Å². The Kier molecular flexibility index (Phi) is 3.77. The summed E-state index contributed by atoms with van der Waals surface area (Å²) in [5, 5.41) is 0. The number of hydrogen-bond donors (Lipinski definition) is 0. The molecule has 4 nitrogen and oxygen atoms in total. The van der Waals surface area contributed by atoms with Gasteiger partial charge in [0, 0.05) is 19.3 Å². The van der Waals surface area contributed by atoms with Gasteiger partial charge in [-0.1, -0.05) is 0 Å². The Morgan fingerprint density at radius 3 is 3.27 bits per heavy atom. The van der Waals surface area contributed by atoms with Crippen LogP contribution in [0.25, 0.3) is 0 Å². The van der Waals surface area contributed by atoms with Crippen molar-refractivity contribution in [2.75, 3.05) is 30.5 Å². The third-order valence-corrected chi connectivity index (χ3v) is 3.16. The number of anilines is 1. The van der Waals surface area contributed by atoms with Crippen LogP contribution < -0.4 is 4.90 Å². The predicted molar refractivity (Wildman–Crippen MR) is 62.4 cm³/mol. The van der Waals surface area contributed by atoms with Gasteiger partial charge in [0.05, 0.1) is 23.1 Å². The summed E-state index contributed by atoms with van der Waals surface area (Å²) < 4.78 is 6.39. The molecule has 1 aliphatic rings. The van der Waals surface area contributed by atoms with Crippen LogP contribution in [-0.4, -0.2) is 41.6 Å². The molecule has 0 saturated carbocycles. The maximum Gasteiger partial charge on any atom is 0.146 e. The lowest BCUT2D eigenvalue weighted by Crippen LogP contribution is -2.43. The van der Waals surface area contributed by atoms with Crippen molar-refractivity contribution in [1.29, 1.82) is 0 Å². The summed E-state index contributed by atoms with van der Waals surface area (Å²) in [4.78, 5) is 10.3. The zero-order valence-corrected chi connectivity index (χ0v) is 10.4. The van der Waals surface area contributed by atoms with E-state index < -0.39 is 0 Å². The van der Waals surface area contributed by atoms with Crippen LogP contribution in [-0.2, 0) is 4.74 Å². The second-order valence-corrected chi connectivity index (χ2v) is 4.45. The third-order valence-electron chi connectivity index (χ3n) is 2.26. The molecule has 1 atom stereocenters. The SMILES string of the molecule is ClCC1CN(c2ncncc2Br)CCO1. The van der Waals surface area contributed by atoms with Gasteiger partial charge in [-0.15, -0.1) is 11.6 Å². The standard InChI is InChI=1S/C9H11BrClN3O/c10-8-4-12-6-13-9(8)14-1-2-15-7(3-11)5-14/h4,6-7H,1-3,5H2. The van der Waals surface area contributed by atoms with Gasteiger partial charge in [-0.2, -0.15) is 0 Å². The smallest absolute Gasteiger partial charge is 0.146 e. The van der Waals surface area contributed by atoms with Gasteiger partial charge in [0.15, 0.2) is 0 Å². The molecule has 0 aromatic carbocycles. The Morgan fingerprint density at radius 1 is 1.67 bits per heavy atom. The van der Waals surface area contributed by atoms with E-state index >= 15 is 0 Å². The Balaban J connectivity index is 2.13. The molecule has 1 aliphatic heterocycles. The predicted octanol–water partition coefficient (Wildman–Crippen LogP) is 1.68. The Morgan fingerprint density at radius 2 is 2.53 bits per heavy atom. The van der Waals surface area contributed by atoms with Gasteiger partial charge < -0.3 is 9.64 Å². The highest BCUT2D eigenvalue weighted by Gasteiger charge is 2.21. The second-order valence-electron chi connectivity index (χ2n) is 3.29. The summed E-state index contributed by atoms with van der Waals surface area (Å²) in [6.07, 6.45) is 3.38. The van der Waals surface area contributed by atoms with Crippen molar-refractivity contribution in [3.63, 3.8) is 0 Å². The van der Waals surface area contributed by atoms with E-state index in [2.05, 4.69) is 30.8 Å². The van der Waals surface area contributed by atoms with Crippen molar-refractivity contribution in [3.05, 3.63) is 17.0 Å². The van der Waals surface area contributed by atoms with Crippen molar-refractivity contribution in [2.24, 2.45) is 0 Å². The maximum atomic E-state index is 5.78. The van der Waals surface area contributed by atoms with Crippen LogP contribution in [0.3, 0.4) is 0 Å². The summed E-state index contributed by atoms with van der Waals surface area (Å²) in [6.45, 7) is 2.30. The average Bonchev–Trinajstić information content (AvgIpc) is 2.30. The number of alkyl halides is 1. The zero-order chi connectivity index (χ0) is 10.7. The molecular weight excluding hydrogens is 281 g/mol. The normalized spacial score (nSPS) is 21.7. The molecule has 1 aromatic rings. The van der Waals surface area contributed by atoms with Crippen molar-refractivity contribution >= 4 is 33.3 Å². The van der Waals surface area contributed by atoms with E-state index in [0.29, 0.717) is 12.5 Å². The van der Waals surface area contributed by atoms with Gasteiger partial charge in [-0.25, -0.2) is 9.97 Å². The van der Waals surface area contributed by atoms with Gasteiger partial charge in [0.2, 0.25) is 0 Å². The lowest BCUT2D eigenvalue weighted by atomic mass is 10.3. The van der Waals surface area contributed by atoms with E-state index in [0.717, 1.165) is 23.4 Å². The van der Waals surface area contributed by atoms with Crippen molar-refractivity contribution in [3.8, 4) is 0 Å². The Labute approximate surface area is 102 Å². The number of hydrogen-bond acceptors (Lipinski definition) is 4.